The number of hydrazine groups is 2. The van der Waals surface area contributed by atoms with Gasteiger partial charge in [-0.2, -0.15) is 0 Å². The van der Waals surface area contributed by atoms with E-state index in [1.165, 1.54) is 10.0 Å². The lowest BCUT2D eigenvalue weighted by Gasteiger charge is -2.32. The Kier molecular flexibility index (Phi) is 6.63. The van der Waals surface area contributed by atoms with Gasteiger partial charge in [-0.15, -0.1) is 0 Å². The summed E-state index contributed by atoms with van der Waals surface area (Å²) >= 11 is 3.45. The average molecular weight is 545 g/mol. The van der Waals surface area contributed by atoms with E-state index in [4.69, 9.17) is 4.74 Å². The normalized spacial score (nSPS) is 16.6. The molecule has 1 aliphatic heterocycles. The zero-order valence-electron chi connectivity index (χ0n) is 20.1. The number of ether oxygens (including phenoxy) is 1. The molecule has 1 saturated carbocycles. The van der Waals surface area contributed by atoms with Gasteiger partial charge in [-0.1, -0.05) is 28.1 Å². The van der Waals surface area contributed by atoms with Crippen LogP contribution in [0.5, 0.6) is 0 Å². The van der Waals surface area contributed by atoms with Crippen LogP contribution in [0, 0.1) is 0 Å². The molecule has 0 unspecified atom stereocenters. The standard InChI is InChI=1S/C24H29BrN6O4/c1-23(2,3)35-22(34)27-24(11-12-24)21(33)31-13-5-6-17(28-31)20(32)29-30(4)19-10-8-15-7-9-16(25)14-18(15)26-19/h6-10,14,28H,5,11-13H2,1-4H3,(H,27,34)(H,29,32). The van der Waals surface area contributed by atoms with Gasteiger partial charge in [-0.3, -0.25) is 30.5 Å². The predicted octanol–water partition coefficient (Wildman–Crippen LogP) is 3.14. The maximum Gasteiger partial charge on any atom is 0.408 e. The van der Waals surface area contributed by atoms with Crippen LogP contribution in [-0.2, 0) is 14.3 Å². The van der Waals surface area contributed by atoms with E-state index in [1.807, 2.05) is 30.3 Å². The summed E-state index contributed by atoms with van der Waals surface area (Å²) in [5.41, 5.74) is 5.04. The number of carbonyl (C=O) groups is 3. The number of halogens is 1. The molecule has 1 aromatic heterocycles. The van der Waals surface area contributed by atoms with Crippen LogP contribution in [0.2, 0.25) is 0 Å². The molecule has 3 N–H and O–H groups in total. The van der Waals surface area contributed by atoms with Gasteiger partial charge in [0.25, 0.3) is 11.8 Å². The Labute approximate surface area is 212 Å². The number of pyridine rings is 1. The Morgan fingerprint density at radius 3 is 2.60 bits per heavy atom. The number of rotatable bonds is 5. The SMILES string of the molecule is CN(NC(=O)C1=CCCN(C(=O)C2(NC(=O)OC(C)(C)C)CC2)N1)c1ccc2ccc(Br)cc2n1. The highest BCUT2D eigenvalue weighted by molar-refractivity contribution is 9.10. The van der Waals surface area contributed by atoms with Crippen LogP contribution < -0.4 is 21.2 Å². The molecule has 0 bridgehead atoms. The molecule has 2 aliphatic rings. The van der Waals surface area contributed by atoms with Crippen molar-refractivity contribution in [2.75, 3.05) is 18.6 Å². The van der Waals surface area contributed by atoms with Crippen molar-refractivity contribution in [1.82, 2.24) is 26.2 Å². The van der Waals surface area contributed by atoms with E-state index >= 15 is 0 Å². The van der Waals surface area contributed by atoms with E-state index in [-0.39, 0.29) is 11.6 Å². The molecule has 11 heteroatoms. The van der Waals surface area contributed by atoms with Gasteiger partial charge in [0.15, 0.2) is 0 Å². The third-order valence-electron chi connectivity index (χ3n) is 5.60. The van der Waals surface area contributed by atoms with Gasteiger partial charge in [-0.25, -0.2) is 9.78 Å². The van der Waals surface area contributed by atoms with Crippen LogP contribution in [0.3, 0.4) is 0 Å². The average Bonchev–Trinajstić information content (AvgIpc) is 3.57. The molecular formula is C24H29BrN6O4. The molecule has 0 atom stereocenters. The maximum absolute atomic E-state index is 13.2. The zero-order chi connectivity index (χ0) is 25.4. The molecule has 186 valence electrons. The first-order chi connectivity index (χ1) is 16.5. The van der Waals surface area contributed by atoms with E-state index < -0.39 is 23.1 Å². The first-order valence-corrected chi connectivity index (χ1v) is 12.2. The van der Waals surface area contributed by atoms with E-state index in [9.17, 15) is 14.4 Å². The fourth-order valence-corrected chi connectivity index (χ4v) is 4.04. The second-order valence-corrected chi connectivity index (χ2v) is 10.6. The first-order valence-electron chi connectivity index (χ1n) is 11.4. The van der Waals surface area contributed by atoms with Crippen LogP contribution in [0.1, 0.15) is 40.0 Å². The molecule has 1 aromatic carbocycles. The minimum absolute atomic E-state index is 0.244. The van der Waals surface area contributed by atoms with Gasteiger partial charge in [0.2, 0.25) is 0 Å². The number of carbonyl (C=O) groups excluding carboxylic acids is 3. The highest BCUT2D eigenvalue weighted by Gasteiger charge is 2.54. The summed E-state index contributed by atoms with van der Waals surface area (Å²) in [7, 11) is 1.69. The number of alkyl carbamates (subject to hydrolysis) is 1. The summed E-state index contributed by atoms with van der Waals surface area (Å²) in [6.07, 6.45) is 2.63. The molecule has 1 fully saturated rings. The van der Waals surface area contributed by atoms with E-state index in [1.54, 1.807) is 33.9 Å². The molecule has 0 saturated heterocycles. The second-order valence-electron chi connectivity index (χ2n) is 9.69. The molecule has 1 aliphatic carbocycles. The summed E-state index contributed by atoms with van der Waals surface area (Å²) in [6, 6.07) is 9.55. The van der Waals surface area contributed by atoms with Gasteiger partial charge in [0, 0.05) is 23.5 Å². The number of nitrogens with zero attached hydrogens (tertiary/aromatic N) is 3. The maximum atomic E-state index is 13.2. The molecule has 3 amide bonds. The molecule has 2 heterocycles. The minimum Gasteiger partial charge on any atom is -0.444 e. The Bertz CT molecular complexity index is 1200. The third kappa shape index (κ3) is 5.84. The van der Waals surface area contributed by atoms with Gasteiger partial charge in [0.1, 0.15) is 22.7 Å². The summed E-state index contributed by atoms with van der Waals surface area (Å²) in [6.45, 7) is 5.67. The molecule has 35 heavy (non-hydrogen) atoms. The lowest BCUT2D eigenvalue weighted by atomic mass is 10.2. The van der Waals surface area contributed by atoms with E-state index in [0.29, 0.717) is 31.6 Å². The largest absolute Gasteiger partial charge is 0.444 e. The van der Waals surface area contributed by atoms with Crippen molar-refractivity contribution in [3.63, 3.8) is 0 Å². The number of aromatic nitrogens is 1. The van der Waals surface area contributed by atoms with E-state index in [2.05, 4.69) is 37.1 Å². The lowest BCUT2D eigenvalue weighted by Crippen LogP contribution is -2.58. The summed E-state index contributed by atoms with van der Waals surface area (Å²) in [4.78, 5) is 42.9. The van der Waals surface area contributed by atoms with Crippen LogP contribution in [0.4, 0.5) is 10.6 Å². The Morgan fingerprint density at radius 2 is 1.91 bits per heavy atom. The Morgan fingerprint density at radius 1 is 1.20 bits per heavy atom. The van der Waals surface area contributed by atoms with Crippen molar-refractivity contribution in [1.29, 1.82) is 0 Å². The van der Waals surface area contributed by atoms with Gasteiger partial charge in [0.05, 0.1) is 5.52 Å². The summed E-state index contributed by atoms with van der Waals surface area (Å²) < 4.78 is 6.21. The number of nitrogens with one attached hydrogen (secondary N) is 3. The van der Waals surface area contributed by atoms with Crippen LogP contribution in [0.15, 0.2) is 46.6 Å². The van der Waals surface area contributed by atoms with Crippen molar-refractivity contribution >= 4 is 50.6 Å². The van der Waals surface area contributed by atoms with Crippen LogP contribution in [0.25, 0.3) is 10.9 Å². The van der Waals surface area contributed by atoms with Crippen molar-refractivity contribution in [2.45, 2.75) is 51.2 Å². The fourth-order valence-electron chi connectivity index (χ4n) is 3.69. The highest BCUT2D eigenvalue weighted by Crippen LogP contribution is 2.37. The monoisotopic (exact) mass is 544 g/mol. The van der Waals surface area contributed by atoms with Crippen LogP contribution in [-0.4, -0.2) is 52.6 Å². The molecule has 0 spiro atoms. The fraction of sp³-hybridized carbons (Fsp3) is 0.417. The molecule has 4 rings (SSSR count). The third-order valence-corrected chi connectivity index (χ3v) is 6.09. The number of hydrogen-bond acceptors (Lipinski definition) is 7. The number of hydrogen-bond donors (Lipinski definition) is 3. The number of benzene rings is 1. The van der Waals surface area contributed by atoms with E-state index in [0.717, 1.165) is 15.4 Å². The van der Waals surface area contributed by atoms with Crippen molar-refractivity contribution < 1.29 is 19.1 Å². The van der Waals surface area contributed by atoms with Crippen molar-refractivity contribution in [2.24, 2.45) is 0 Å². The Hall–Kier alpha value is -3.34. The molecule has 10 nitrogen and oxygen atoms in total. The zero-order valence-corrected chi connectivity index (χ0v) is 21.7. The van der Waals surface area contributed by atoms with Crippen LogP contribution >= 0.6 is 15.9 Å². The minimum atomic E-state index is -1.01. The highest BCUT2D eigenvalue weighted by atomic mass is 79.9. The van der Waals surface area contributed by atoms with Crippen molar-refractivity contribution in [3.05, 3.63) is 46.6 Å². The van der Waals surface area contributed by atoms with Gasteiger partial charge in [-0.05, 0) is 64.3 Å². The van der Waals surface area contributed by atoms with Crippen molar-refractivity contribution in [3.8, 4) is 0 Å². The molecule has 0 radical (unpaired) electrons. The number of amides is 3. The summed E-state index contributed by atoms with van der Waals surface area (Å²) in [5.74, 6) is -0.144. The lowest BCUT2D eigenvalue weighted by molar-refractivity contribution is -0.138. The topological polar surface area (TPSA) is 116 Å². The molecular weight excluding hydrogens is 516 g/mol. The number of anilines is 1. The molecule has 2 aromatic rings. The smallest absolute Gasteiger partial charge is 0.408 e. The predicted molar refractivity (Wildman–Crippen MR) is 135 cm³/mol. The van der Waals surface area contributed by atoms with Gasteiger partial charge >= 0.3 is 6.09 Å². The number of fused-ring (bicyclic) bond motifs is 1. The summed E-state index contributed by atoms with van der Waals surface area (Å²) in [5, 5.41) is 6.59. The quantitative estimate of drug-likeness (QED) is 0.495. The first kappa shape index (κ1) is 24.8. The second kappa shape index (κ2) is 9.37. The van der Waals surface area contributed by atoms with Gasteiger partial charge < -0.3 is 10.1 Å². The Balaban J connectivity index is 1.38.